The minimum atomic E-state index is -1.67. The Bertz CT molecular complexity index is 892. The first-order valence-corrected chi connectivity index (χ1v) is 9.48. The highest BCUT2D eigenvalue weighted by atomic mass is 35.5. The standard InChI is InChI=1S/C19H18Cl2F3N3O2/c1-2-5-27(9-16(28)25-13-7-11(20)6-12(21)8-13)10-17(29)26-15-4-3-14(22)18(23)19(15)24/h3-4,6-8H,2,5,9-10H2,1H3,(H,25,28)(H,26,29)/p+1. The average molecular weight is 449 g/mol. The molecule has 3 N–H and O–H groups in total. The van der Waals surface area contributed by atoms with Crippen molar-refractivity contribution < 1.29 is 27.7 Å². The zero-order valence-electron chi connectivity index (χ0n) is 15.4. The van der Waals surface area contributed by atoms with Crippen LogP contribution >= 0.6 is 23.2 Å². The molecule has 0 aliphatic carbocycles. The summed E-state index contributed by atoms with van der Waals surface area (Å²) in [6.07, 6.45) is 0.679. The normalized spacial score (nSPS) is 11.8. The van der Waals surface area contributed by atoms with E-state index >= 15 is 0 Å². The van der Waals surface area contributed by atoms with E-state index in [-0.39, 0.29) is 19.0 Å². The summed E-state index contributed by atoms with van der Waals surface area (Å²) < 4.78 is 40.0. The van der Waals surface area contributed by atoms with Gasteiger partial charge in [0, 0.05) is 15.7 Å². The zero-order chi connectivity index (χ0) is 21.6. The van der Waals surface area contributed by atoms with E-state index in [0.717, 1.165) is 6.07 Å². The van der Waals surface area contributed by atoms with Gasteiger partial charge in [0.25, 0.3) is 11.8 Å². The fourth-order valence-electron chi connectivity index (χ4n) is 2.69. The van der Waals surface area contributed by atoms with Crippen LogP contribution in [0.3, 0.4) is 0 Å². The molecule has 0 saturated heterocycles. The highest BCUT2D eigenvalue weighted by Crippen LogP contribution is 2.22. The molecule has 2 rings (SSSR count). The summed E-state index contributed by atoms with van der Waals surface area (Å²) in [6.45, 7) is 2.14. The second-order valence-electron chi connectivity index (χ2n) is 6.33. The quantitative estimate of drug-likeness (QED) is 0.542. The van der Waals surface area contributed by atoms with Crippen LogP contribution in [0.4, 0.5) is 24.5 Å². The lowest BCUT2D eigenvalue weighted by molar-refractivity contribution is -0.883. The molecule has 2 amide bonds. The minimum Gasteiger partial charge on any atom is -0.321 e. The molecule has 0 saturated carbocycles. The molecule has 0 radical (unpaired) electrons. The summed E-state index contributed by atoms with van der Waals surface area (Å²) >= 11 is 11.8. The molecule has 0 heterocycles. The van der Waals surface area contributed by atoms with E-state index in [2.05, 4.69) is 10.6 Å². The van der Waals surface area contributed by atoms with Crippen molar-refractivity contribution in [3.8, 4) is 0 Å². The number of hydrogen-bond acceptors (Lipinski definition) is 2. The van der Waals surface area contributed by atoms with Crippen LogP contribution in [0.2, 0.25) is 10.0 Å². The molecule has 10 heteroatoms. The first kappa shape index (κ1) is 23.0. The number of rotatable bonds is 8. The maximum atomic E-state index is 13.7. The van der Waals surface area contributed by atoms with Gasteiger partial charge in [0.1, 0.15) is 0 Å². The van der Waals surface area contributed by atoms with Crippen molar-refractivity contribution in [3.05, 3.63) is 57.8 Å². The summed E-state index contributed by atoms with van der Waals surface area (Å²) in [5, 5.41) is 5.56. The Labute approximate surface area is 175 Å². The van der Waals surface area contributed by atoms with Crippen molar-refractivity contribution in [2.45, 2.75) is 13.3 Å². The Kier molecular flexibility index (Phi) is 8.31. The van der Waals surface area contributed by atoms with Crippen LogP contribution in [0.15, 0.2) is 30.3 Å². The number of quaternary nitrogens is 1. The number of nitrogens with one attached hydrogen (secondary N) is 3. The predicted molar refractivity (Wildman–Crippen MR) is 106 cm³/mol. The van der Waals surface area contributed by atoms with Gasteiger partial charge >= 0.3 is 0 Å². The number of anilines is 2. The van der Waals surface area contributed by atoms with Crippen LogP contribution in [0.25, 0.3) is 0 Å². The molecular weight excluding hydrogens is 430 g/mol. The summed E-state index contributed by atoms with van der Waals surface area (Å²) in [7, 11) is 0. The molecule has 2 aromatic rings. The largest absolute Gasteiger partial charge is 0.321 e. The molecule has 0 aliphatic rings. The number of carbonyl (C=O) groups is 2. The van der Waals surface area contributed by atoms with E-state index in [4.69, 9.17) is 23.2 Å². The Morgan fingerprint density at radius 1 is 0.931 bits per heavy atom. The Morgan fingerprint density at radius 3 is 2.10 bits per heavy atom. The van der Waals surface area contributed by atoms with E-state index in [1.807, 2.05) is 6.92 Å². The molecule has 0 aromatic heterocycles. The second-order valence-corrected chi connectivity index (χ2v) is 7.20. The van der Waals surface area contributed by atoms with E-state index in [9.17, 15) is 22.8 Å². The first-order chi connectivity index (χ1) is 13.7. The highest BCUT2D eigenvalue weighted by Gasteiger charge is 2.20. The van der Waals surface area contributed by atoms with Crippen molar-refractivity contribution in [1.29, 1.82) is 0 Å². The number of amides is 2. The van der Waals surface area contributed by atoms with Crippen molar-refractivity contribution in [1.82, 2.24) is 0 Å². The third kappa shape index (κ3) is 6.92. The third-order valence-electron chi connectivity index (χ3n) is 3.88. The lowest BCUT2D eigenvalue weighted by Gasteiger charge is -2.18. The molecule has 29 heavy (non-hydrogen) atoms. The van der Waals surface area contributed by atoms with Crippen LogP contribution in [0.5, 0.6) is 0 Å². The smallest absolute Gasteiger partial charge is 0.279 e. The predicted octanol–water partition coefficient (Wildman–Crippen LogP) is 3.28. The summed E-state index contributed by atoms with van der Waals surface area (Å²) in [5.74, 6) is -5.52. The SMILES string of the molecule is CCC[NH+](CC(=O)Nc1cc(Cl)cc(Cl)c1)CC(=O)Nc1ccc(F)c(F)c1F. The third-order valence-corrected chi connectivity index (χ3v) is 4.32. The van der Waals surface area contributed by atoms with Crippen molar-refractivity contribution in [2.24, 2.45) is 0 Å². The van der Waals surface area contributed by atoms with E-state index in [1.54, 1.807) is 0 Å². The van der Waals surface area contributed by atoms with Crippen LogP contribution in [-0.4, -0.2) is 31.4 Å². The number of halogens is 5. The lowest BCUT2D eigenvalue weighted by Crippen LogP contribution is -3.14. The second kappa shape index (κ2) is 10.5. The first-order valence-electron chi connectivity index (χ1n) is 8.72. The Morgan fingerprint density at radius 2 is 1.52 bits per heavy atom. The Hall–Kier alpha value is -2.29. The number of hydrogen-bond donors (Lipinski definition) is 3. The van der Waals surface area contributed by atoms with Crippen LogP contribution < -0.4 is 15.5 Å². The molecule has 1 atom stereocenters. The summed E-state index contributed by atoms with van der Waals surface area (Å²) in [4.78, 5) is 25.1. The van der Waals surface area contributed by atoms with Crippen molar-refractivity contribution in [2.75, 3.05) is 30.3 Å². The molecule has 156 valence electrons. The summed E-state index contributed by atoms with van der Waals surface area (Å²) in [6, 6.07) is 6.23. The molecule has 0 spiro atoms. The van der Waals surface area contributed by atoms with Crippen LogP contribution in [0, 0.1) is 17.5 Å². The van der Waals surface area contributed by atoms with E-state index in [1.165, 1.54) is 18.2 Å². The monoisotopic (exact) mass is 448 g/mol. The van der Waals surface area contributed by atoms with Crippen molar-refractivity contribution in [3.63, 3.8) is 0 Å². The van der Waals surface area contributed by atoms with Gasteiger partial charge in [-0.05, 0) is 36.8 Å². The molecule has 0 bridgehead atoms. The maximum Gasteiger partial charge on any atom is 0.279 e. The van der Waals surface area contributed by atoms with Gasteiger partial charge in [0.15, 0.2) is 30.5 Å². The van der Waals surface area contributed by atoms with Gasteiger partial charge in [0.05, 0.1) is 12.2 Å². The van der Waals surface area contributed by atoms with E-state index in [0.29, 0.717) is 39.7 Å². The lowest BCUT2D eigenvalue weighted by atomic mass is 10.2. The summed E-state index contributed by atoms with van der Waals surface area (Å²) in [5.41, 5.74) is -0.0561. The maximum absolute atomic E-state index is 13.7. The molecular formula is C19H19Cl2F3N3O2+. The molecule has 2 aromatic carbocycles. The van der Waals surface area contributed by atoms with Gasteiger partial charge in [-0.1, -0.05) is 30.1 Å². The fourth-order valence-corrected chi connectivity index (χ4v) is 3.22. The van der Waals surface area contributed by atoms with Crippen molar-refractivity contribution >= 4 is 46.4 Å². The van der Waals surface area contributed by atoms with Gasteiger partial charge in [-0.25, -0.2) is 13.2 Å². The van der Waals surface area contributed by atoms with Crippen LogP contribution in [0.1, 0.15) is 13.3 Å². The number of benzene rings is 2. The number of carbonyl (C=O) groups excluding carboxylic acids is 2. The molecule has 0 aliphatic heterocycles. The highest BCUT2D eigenvalue weighted by molar-refractivity contribution is 6.35. The Balaban J connectivity index is 1.99. The zero-order valence-corrected chi connectivity index (χ0v) is 16.9. The van der Waals surface area contributed by atoms with Gasteiger partial charge in [-0.15, -0.1) is 0 Å². The topological polar surface area (TPSA) is 62.6 Å². The van der Waals surface area contributed by atoms with Gasteiger partial charge < -0.3 is 15.5 Å². The molecule has 5 nitrogen and oxygen atoms in total. The van der Waals surface area contributed by atoms with Gasteiger partial charge in [-0.2, -0.15) is 0 Å². The molecule has 1 unspecified atom stereocenters. The fraction of sp³-hybridized carbons (Fsp3) is 0.263. The van der Waals surface area contributed by atoms with E-state index < -0.39 is 29.0 Å². The minimum absolute atomic E-state index is 0.0499. The van der Waals surface area contributed by atoms with Crippen LogP contribution in [-0.2, 0) is 9.59 Å². The molecule has 0 fully saturated rings. The average Bonchev–Trinajstić information content (AvgIpc) is 2.61. The van der Waals surface area contributed by atoms with Gasteiger partial charge in [-0.3, -0.25) is 9.59 Å². The van der Waals surface area contributed by atoms with Gasteiger partial charge in [0.2, 0.25) is 0 Å².